The van der Waals surface area contributed by atoms with E-state index in [1.54, 1.807) is 11.1 Å². The number of hydrogen-bond acceptors (Lipinski definition) is 0. The molecule has 6 rings (SSSR count). The average Bonchev–Trinajstić information content (AvgIpc) is 2.78. The van der Waals surface area contributed by atoms with Crippen LogP contribution >= 0.6 is 8.19 Å². The third kappa shape index (κ3) is 2.42. The summed E-state index contributed by atoms with van der Waals surface area (Å²) in [6.07, 6.45) is 4.62. The van der Waals surface area contributed by atoms with Crippen LogP contribution in [0.5, 0.6) is 0 Å². The van der Waals surface area contributed by atoms with E-state index in [2.05, 4.69) is 78.9 Å². The van der Waals surface area contributed by atoms with Crippen LogP contribution in [-0.4, -0.2) is 0 Å². The van der Waals surface area contributed by atoms with Gasteiger partial charge in [-0.1, -0.05) is 87.1 Å². The topological polar surface area (TPSA) is 0 Å². The molecule has 0 N–H and O–H groups in total. The molecule has 0 amide bonds. The molecule has 1 heterocycles. The van der Waals surface area contributed by atoms with Gasteiger partial charge in [0.2, 0.25) is 0 Å². The van der Waals surface area contributed by atoms with Gasteiger partial charge in [-0.2, -0.15) is 0 Å². The lowest BCUT2D eigenvalue weighted by atomic mass is 9.81. The molecule has 0 fully saturated rings. The Morgan fingerprint density at radius 1 is 0.500 bits per heavy atom. The molecule has 0 radical (unpaired) electrons. The normalized spacial score (nSPS) is 13.9. The Kier molecular flexibility index (Phi) is 3.74. The van der Waals surface area contributed by atoms with Crippen molar-refractivity contribution in [1.29, 1.82) is 0 Å². The van der Waals surface area contributed by atoms with E-state index in [0.29, 0.717) is 0 Å². The Bertz CT molecular complexity index is 1130. The number of aryl methyl sites for hydroxylation is 2. The SMILES string of the molecule is c1ccc(-c2c3c(pc4c2CCc2ccccc2-4)-c2ccccc2CC3)cc1. The van der Waals surface area contributed by atoms with Gasteiger partial charge >= 0.3 is 0 Å². The molecule has 28 heavy (non-hydrogen) atoms. The first-order valence-corrected chi connectivity index (χ1v) is 11.1. The van der Waals surface area contributed by atoms with Gasteiger partial charge in [0, 0.05) is 10.6 Å². The Balaban J connectivity index is 1.73. The zero-order valence-electron chi connectivity index (χ0n) is 15.8. The maximum absolute atomic E-state index is 2.33. The summed E-state index contributed by atoms with van der Waals surface area (Å²) in [7, 11) is 1.39. The van der Waals surface area contributed by atoms with Crippen LogP contribution in [0.1, 0.15) is 22.3 Å². The first-order valence-electron chi connectivity index (χ1n) is 10.2. The third-order valence-electron chi connectivity index (χ3n) is 6.29. The van der Waals surface area contributed by atoms with Crippen LogP contribution in [0, 0.1) is 0 Å². The largest absolute Gasteiger partial charge is 0.0622 e. The molecule has 2 aliphatic rings. The molecule has 134 valence electrons. The van der Waals surface area contributed by atoms with Crippen LogP contribution in [0.15, 0.2) is 78.9 Å². The molecule has 0 spiro atoms. The Morgan fingerprint density at radius 3 is 1.57 bits per heavy atom. The van der Waals surface area contributed by atoms with Crippen LogP contribution in [0.2, 0.25) is 0 Å². The Hall–Kier alpha value is -2.69. The zero-order valence-corrected chi connectivity index (χ0v) is 16.7. The molecule has 3 aromatic carbocycles. The van der Waals surface area contributed by atoms with Gasteiger partial charge in [0.25, 0.3) is 0 Å². The standard InChI is InChI=1S/C27H21P/c1-2-10-20(11-3-1)25-23-16-14-18-8-4-6-12-21(18)26(23)28-27-22-13-7-5-9-19(22)15-17-24(25)27/h1-13H,14-17H2. The summed E-state index contributed by atoms with van der Waals surface area (Å²) in [6.45, 7) is 0. The molecular formula is C27H21P. The van der Waals surface area contributed by atoms with Gasteiger partial charge in [0.05, 0.1) is 0 Å². The minimum absolute atomic E-state index is 1.15. The molecule has 2 aliphatic carbocycles. The van der Waals surface area contributed by atoms with Crippen molar-refractivity contribution >= 4 is 8.19 Å². The number of benzene rings is 3. The van der Waals surface area contributed by atoms with E-state index in [-0.39, 0.29) is 0 Å². The maximum Gasteiger partial charge on any atom is 0.0137 e. The van der Waals surface area contributed by atoms with Crippen molar-refractivity contribution in [3.05, 3.63) is 101 Å². The molecule has 0 unspecified atom stereocenters. The minimum atomic E-state index is 1.15. The summed E-state index contributed by atoms with van der Waals surface area (Å²) in [6, 6.07) is 29.2. The Labute approximate surface area is 168 Å². The quantitative estimate of drug-likeness (QED) is 0.323. The van der Waals surface area contributed by atoms with E-state index < -0.39 is 0 Å². The van der Waals surface area contributed by atoms with Gasteiger partial charge in [-0.15, -0.1) is 0 Å². The zero-order chi connectivity index (χ0) is 18.5. The monoisotopic (exact) mass is 376 g/mol. The van der Waals surface area contributed by atoms with Crippen molar-refractivity contribution < 1.29 is 0 Å². The number of fused-ring (bicyclic) bond motifs is 6. The highest BCUT2D eigenvalue weighted by atomic mass is 31.0. The minimum Gasteiger partial charge on any atom is -0.0622 e. The molecule has 1 aromatic heterocycles. The van der Waals surface area contributed by atoms with Crippen molar-refractivity contribution in [2.75, 3.05) is 0 Å². The second-order valence-electron chi connectivity index (χ2n) is 7.82. The summed E-state index contributed by atoms with van der Waals surface area (Å²) in [4.78, 5) is 0. The molecule has 0 saturated heterocycles. The van der Waals surface area contributed by atoms with Crippen LogP contribution in [-0.2, 0) is 25.7 Å². The fourth-order valence-electron chi connectivity index (χ4n) is 5.01. The van der Waals surface area contributed by atoms with Gasteiger partial charge in [0.1, 0.15) is 0 Å². The van der Waals surface area contributed by atoms with Gasteiger partial charge in [-0.3, -0.25) is 0 Å². The van der Waals surface area contributed by atoms with E-state index in [9.17, 15) is 0 Å². The summed E-state index contributed by atoms with van der Waals surface area (Å²) < 4.78 is 0. The highest BCUT2D eigenvalue weighted by Crippen LogP contribution is 2.52. The van der Waals surface area contributed by atoms with Crippen LogP contribution in [0.3, 0.4) is 0 Å². The van der Waals surface area contributed by atoms with Crippen LogP contribution in [0.25, 0.3) is 32.8 Å². The Morgan fingerprint density at radius 2 is 1.00 bits per heavy atom. The molecule has 0 saturated carbocycles. The molecule has 0 atom stereocenters. The van der Waals surface area contributed by atoms with Gasteiger partial charge in [0.15, 0.2) is 0 Å². The van der Waals surface area contributed by atoms with Crippen LogP contribution < -0.4 is 0 Å². The van der Waals surface area contributed by atoms with E-state index in [1.165, 1.54) is 52.2 Å². The highest BCUT2D eigenvalue weighted by molar-refractivity contribution is 7.38. The number of hydrogen-bond donors (Lipinski definition) is 0. The van der Waals surface area contributed by atoms with Crippen LogP contribution in [0.4, 0.5) is 0 Å². The highest BCUT2D eigenvalue weighted by Gasteiger charge is 2.27. The second-order valence-corrected chi connectivity index (χ2v) is 8.94. The van der Waals surface area contributed by atoms with Gasteiger partial charge in [-0.25, -0.2) is 0 Å². The average molecular weight is 376 g/mol. The van der Waals surface area contributed by atoms with Crippen molar-refractivity contribution in [1.82, 2.24) is 0 Å². The van der Waals surface area contributed by atoms with E-state index in [4.69, 9.17) is 0 Å². The molecular weight excluding hydrogens is 355 g/mol. The van der Waals surface area contributed by atoms with Gasteiger partial charge < -0.3 is 0 Å². The maximum atomic E-state index is 2.33. The molecule has 0 nitrogen and oxygen atoms in total. The molecule has 4 aromatic rings. The fraction of sp³-hybridized carbons (Fsp3) is 0.148. The first-order chi connectivity index (χ1) is 13.9. The van der Waals surface area contributed by atoms with E-state index >= 15 is 0 Å². The summed E-state index contributed by atoms with van der Waals surface area (Å²) >= 11 is 0. The third-order valence-corrected chi connectivity index (χ3v) is 7.76. The molecule has 1 heteroatoms. The lowest BCUT2D eigenvalue weighted by molar-refractivity contribution is 0.923. The fourth-order valence-corrected chi connectivity index (χ4v) is 6.63. The number of rotatable bonds is 1. The van der Waals surface area contributed by atoms with E-state index in [1.807, 2.05) is 0 Å². The van der Waals surface area contributed by atoms with Crippen molar-refractivity contribution in [3.63, 3.8) is 0 Å². The predicted octanol–water partition coefficient (Wildman–Crippen LogP) is 7.46. The smallest absolute Gasteiger partial charge is 0.0137 e. The van der Waals surface area contributed by atoms with Crippen molar-refractivity contribution in [2.24, 2.45) is 0 Å². The predicted molar refractivity (Wildman–Crippen MR) is 120 cm³/mol. The second kappa shape index (κ2) is 6.43. The van der Waals surface area contributed by atoms with Gasteiger partial charge in [-0.05, 0) is 70.2 Å². The first kappa shape index (κ1) is 16.3. The summed E-state index contributed by atoms with van der Waals surface area (Å²) in [5.74, 6) is 0. The molecule has 0 aliphatic heterocycles. The van der Waals surface area contributed by atoms with E-state index in [0.717, 1.165) is 25.7 Å². The lowest BCUT2D eigenvalue weighted by Crippen LogP contribution is -2.10. The van der Waals surface area contributed by atoms with Crippen molar-refractivity contribution in [3.8, 4) is 32.8 Å². The lowest BCUT2D eigenvalue weighted by Gasteiger charge is -2.29. The van der Waals surface area contributed by atoms with Crippen molar-refractivity contribution in [2.45, 2.75) is 25.7 Å². The summed E-state index contributed by atoms with van der Waals surface area (Å²) in [5.41, 5.74) is 12.0. The molecule has 0 bridgehead atoms. The summed E-state index contributed by atoms with van der Waals surface area (Å²) in [5, 5.41) is 3.08.